The third-order valence-corrected chi connectivity index (χ3v) is 3.97. The van der Waals surface area contributed by atoms with Gasteiger partial charge < -0.3 is 4.90 Å². The number of rotatable bonds is 1. The molecule has 0 unspecified atom stereocenters. The van der Waals surface area contributed by atoms with Gasteiger partial charge in [-0.25, -0.2) is 0 Å². The third kappa shape index (κ3) is 2.18. The Bertz CT molecular complexity index is 392. The summed E-state index contributed by atoms with van der Waals surface area (Å²) in [6, 6.07) is 5.77. The number of hydrogen-bond acceptors (Lipinski definition) is 1. The highest BCUT2D eigenvalue weighted by atomic mass is 79.9. The van der Waals surface area contributed by atoms with Gasteiger partial charge in [0.25, 0.3) is 0 Å². The van der Waals surface area contributed by atoms with Gasteiger partial charge in [-0.1, -0.05) is 17.7 Å². The molecule has 0 atom stereocenters. The topological polar surface area (TPSA) is 27.1 Å². The molecule has 1 heterocycles. The maximum atomic E-state index is 7.91. The second-order valence-electron chi connectivity index (χ2n) is 3.63. The highest BCUT2D eigenvalue weighted by Crippen LogP contribution is 2.34. The number of hydrogen-bond donors (Lipinski definition) is 1. The van der Waals surface area contributed by atoms with Crippen molar-refractivity contribution in [3.8, 4) is 0 Å². The van der Waals surface area contributed by atoms with Crippen molar-refractivity contribution in [2.75, 3.05) is 11.4 Å². The van der Waals surface area contributed by atoms with E-state index in [-0.39, 0.29) is 0 Å². The Labute approximate surface area is 103 Å². The van der Waals surface area contributed by atoms with Crippen LogP contribution in [-0.4, -0.2) is 12.4 Å². The van der Waals surface area contributed by atoms with Crippen molar-refractivity contribution in [1.82, 2.24) is 0 Å². The molecule has 0 radical (unpaired) electrons. The van der Waals surface area contributed by atoms with Crippen LogP contribution in [0.15, 0.2) is 22.7 Å². The molecule has 0 saturated carbocycles. The first-order chi connectivity index (χ1) is 7.20. The molecule has 80 valence electrons. The molecule has 2 rings (SSSR count). The van der Waals surface area contributed by atoms with Gasteiger partial charge in [-0.2, -0.15) is 0 Å². The molecule has 1 aromatic carbocycles. The number of nitrogens with zero attached hydrogens (tertiary/aromatic N) is 1. The highest BCUT2D eigenvalue weighted by molar-refractivity contribution is 9.10. The van der Waals surface area contributed by atoms with Crippen LogP contribution in [0.2, 0.25) is 5.02 Å². The number of halogens is 2. The normalized spacial score (nSPS) is 16.9. The Balaban J connectivity index is 2.35. The highest BCUT2D eigenvalue weighted by Gasteiger charge is 2.19. The van der Waals surface area contributed by atoms with Crippen LogP contribution >= 0.6 is 27.5 Å². The molecular formula is C11H12BrClN2. The maximum Gasteiger partial charge on any atom is 0.100 e. The Hall–Kier alpha value is -0.540. The van der Waals surface area contributed by atoms with Crippen LogP contribution in [0.5, 0.6) is 0 Å². The molecule has 1 aliphatic heterocycles. The lowest BCUT2D eigenvalue weighted by atomic mass is 10.1. The lowest BCUT2D eigenvalue weighted by Crippen LogP contribution is -2.34. The molecule has 15 heavy (non-hydrogen) atoms. The van der Waals surface area contributed by atoms with Gasteiger partial charge in [0, 0.05) is 13.0 Å². The van der Waals surface area contributed by atoms with Crippen molar-refractivity contribution in [2.45, 2.75) is 19.3 Å². The predicted octanol–water partition coefficient (Wildman–Crippen LogP) is 4.07. The zero-order valence-electron chi connectivity index (χ0n) is 8.26. The zero-order valence-corrected chi connectivity index (χ0v) is 10.6. The minimum atomic E-state index is 0.684. The summed E-state index contributed by atoms with van der Waals surface area (Å²) >= 11 is 9.51. The van der Waals surface area contributed by atoms with Crippen molar-refractivity contribution >= 4 is 39.1 Å². The molecule has 0 amide bonds. The predicted molar refractivity (Wildman–Crippen MR) is 68.1 cm³/mol. The van der Waals surface area contributed by atoms with Crippen molar-refractivity contribution in [1.29, 1.82) is 5.41 Å². The molecule has 2 nitrogen and oxygen atoms in total. The average molecular weight is 288 g/mol. The smallest absolute Gasteiger partial charge is 0.100 e. The van der Waals surface area contributed by atoms with E-state index in [4.69, 9.17) is 17.0 Å². The van der Waals surface area contributed by atoms with Gasteiger partial charge in [0.05, 0.1) is 15.2 Å². The first kappa shape index (κ1) is 11.0. The largest absolute Gasteiger partial charge is 0.329 e. The number of nitrogens with one attached hydrogen (secondary N) is 1. The van der Waals surface area contributed by atoms with Gasteiger partial charge >= 0.3 is 0 Å². The van der Waals surface area contributed by atoms with Crippen molar-refractivity contribution in [3.63, 3.8) is 0 Å². The van der Waals surface area contributed by atoms with E-state index in [9.17, 15) is 0 Å². The Kier molecular flexibility index (Phi) is 3.32. The first-order valence-electron chi connectivity index (χ1n) is 4.99. The van der Waals surface area contributed by atoms with Crippen LogP contribution in [0.25, 0.3) is 0 Å². The molecule has 1 fully saturated rings. The second kappa shape index (κ2) is 4.54. The SMILES string of the molecule is N=C1CCCCN1c1cccc(Cl)c1Br. The van der Waals surface area contributed by atoms with Crippen molar-refractivity contribution < 1.29 is 0 Å². The summed E-state index contributed by atoms with van der Waals surface area (Å²) in [5, 5.41) is 8.61. The minimum Gasteiger partial charge on any atom is -0.329 e. The standard InChI is InChI=1S/C11H12BrClN2/c12-11-8(13)4-3-5-9(11)15-7-2-1-6-10(15)14/h3-5,14H,1-2,6-7H2. The van der Waals surface area contributed by atoms with Gasteiger partial charge in [0.2, 0.25) is 0 Å². The van der Waals surface area contributed by atoms with Crippen molar-refractivity contribution in [3.05, 3.63) is 27.7 Å². The summed E-state index contributed by atoms with van der Waals surface area (Å²) in [4.78, 5) is 2.03. The lowest BCUT2D eigenvalue weighted by Gasteiger charge is -2.30. The molecule has 0 aliphatic carbocycles. The van der Waals surface area contributed by atoms with Gasteiger partial charge in [0.1, 0.15) is 5.84 Å². The first-order valence-corrected chi connectivity index (χ1v) is 6.16. The van der Waals surface area contributed by atoms with E-state index in [0.29, 0.717) is 10.9 Å². The quantitative estimate of drug-likeness (QED) is 0.828. The monoisotopic (exact) mass is 286 g/mol. The number of piperidine rings is 1. The van der Waals surface area contributed by atoms with Crippen LogP contribution in [-0.2, 0) is 0 Å². The fourth-order valence-electron chi connectivity index (χ4n) is 1.80. The van der Waals surface area contributed by atoms with Crippen molar-refractivity contribution in [2.24, 2.45) is 0 Å². The van der Waals surface area contributed by atoms with Gasteiger partial charge in [-0.3, -0.25) is 5.41 Å². The summed E-state index contributed by atoms with van der Waals surface area (Å²) in [5.74, 6) is 0.684. The van der Waals surface area contributed by atoms with Crippen LogP contribution < -0.4 is 4.90 Å². The molecule has 1 saturated heterocycles. The minimum absolute atomic E-state index is 0.684. The summed E-state index contributed by atoms with van der Waals surface area (Å²) in [6.07, 6.45) is 3.12. The molecule has 0 aromatic heterocycles. The van der Waals surface area contributed by atoms with Crippen LogP contribution in [0.3, 0.4) is 0 Å². The third-order valence-electron chi connectivity index (χ3n) is 2.59. The number of amidine groups is 1. The molecule has 1 aliphatic rings. The van der Waals surface area contributed by atoms with Crippen LogP contribution in [0.4, 0.5) is 5.69 Å². The Morgan fingerprint density at radius 3 is 2.87 bits per heavy atom. The van der Waals surface area contributed by atoms with E-state index >= 15 is 0 Å². The Morgan fingerprint density at radius 1 is 1.33 bits per heavy atom. The van der Waals surface area contributed by atoms with Gasteiger partial charge in [-0.05, 0) is 40.9 Å². The van der Waals surface area contributed by atoms with Crippen LogP contribution in [0, 0.1) is 5.41 Å². The number of anilines is 1. The van der Waals surface area contributed by atoms with E-state index in [1.54, 1.807) is 0 Å². The molecule has 0 spiro atoms. The zero-order chi connectivity index (χ0) is 10.8. The summed E-state index contributed by atoms with van der Waals surface area (Å²) in [7, 11) is 0. The van der Waals surface area contributed by atoms with E-state index in [1.165, 1.54) is 0 Å². The fraction of sp³-hybridized carbons (Fsp3) is 0.364. The van der Waals surface area contributed by atoms with E-state index in [1.807, 2.05) is 23.1 Å². The summed E-state index contributed by atoms with van der Waals surface area (Å²) in [5.41, 5.74) is 1.01. The Morgan fingerprint density at radius 2 is 2.13 bits per heavy atom. The summed E-state index contributed by atoms with van der Waals surface area (Å²) in [6.45, 7) is 0.914. The lowest BCUT2D eigenvalue weighted by molar-refractivity contribution is 0.707. The summed E-state index contributed by atoms with van der Waals surface area (Å²) < 4.78 is 0.887. The van der Waals surface area contributed by atoms with E-state index in [0.717, 1.165) is 36.0 Å². The second-order valence-corrected chi connectivity index (χ2v) is 4.83. The van der Waals surface area contributed by atoms with Crippen LogP contribution in [0.1, 0.15) is 19.3 Å². The maximum absolute atomic E-state index is 7.91. The molecular weight excluding hydrogens is 275 g/mol. The molecule has 4 heteroatoms. The van der Waals surface area contributed by atoms with E-state index < -0.39 is 0 Å². The van der Waals surface area contributed by atoms with Gasteiger partial charge in [-0.15, -0.1) is 0 Å². The number of benzene rings is 1. The van der Waals surface area contributed by atoms with Gasteiger partial charge in [0.15, 0.2) is 0 Å². The van der Waals surface area contributed by atoms with E-state index in [2.05, 4.69) is 15.9 Å². The fourth-order valence-corrected chi connectivity index (χ4v) is 2.45. The molecule has 1 aromatic rings. The molecule has 0 bridgehead atoms. The molecule has 1 N–H and O–H groups in total. The average Bonchev–Trinajstić information content (AvgIpc) is 2.23.